The average molecular weight is 248 g/mol. The molecule has 0 amide bonds. The second-order valence-electron chi connectivity index (χ2n) is 5.93. The van der Waals surface area contributed by atoms with E-state index in [1.54, 1.807) is 0 Å². The van der Waals surface area contributed by atoms with Gasteiger partial charge in [-0.15, -0.1) is 0 Å². The lowest BCUT2D eigenvalue weighted by Crippen LogP contribution is -2.02. The van der Waals surface area contributed by atoms with Gasteiger partial charge in [0.1, 0.15) is 0 Å². The molecule has 0 aliphatic rings. The Labute approximate surface area is 112 Å². The van der Waals surface area contributed by atoms with Gasteiger partial charge in [-0.2, -0.15) is 0 Å². The molecule has 0 aromatic heterocycles. The van der Waals surface area contributed by atoms with Crippen molar-refractivity contribution >= 4 is 0 Å². The fourth-order valence-corrected chi connectivity index (χ4v) is 2.30. The lowest BCUT2D eigenvalue weighted by molar-refractivity contribution is 0.156. The molecule has 1 aromatic rings. The third kappa shape index (κ3) is 6.20. The van der Waals surface area contributed by atoms with Crippen LogP contribution in [-0.2, 0) is 0 Å². The molecular formula is C17H28O. The van der Waals surface area contributed by atoms with Crippen molar-refractivity contribution < 1.29 is 5.11 Å². The van der Waals surface area contributed by atoms with Crippen LogP contribution in [0.5, 0.6) is 0 Å². The highest BCUT2D eigenvalue weighted by atomic mass is 16.3. The minimum atomic E-state index is -0.293. The number of aliphatic hydroxyl groups is 1. The number of hydrogen-bond donors (Lipinski definition) is 1. The van der Waals surface area contributed by atoms with Gasteiger partial charge >= 0.3 is 0 Å². The average Bonchev–Trinajstić information content (AvgIpc) is 2.36. The van der Waals surface area contributed by atoms with Crippen molar-refractivity contribution in [1.82, 2.24) is 0 Å². The van der Waals surface area contributed by atoms with Gasteiger partial charge in [-0.3, -0.25) is 0 Å². The van der Waals surface area contributed by atoms with Gasteiger partial charge < -0.3 is 5.11 Å². The Balaban J connectivity index is 2.20. The van der Waals surface area contributed by atoms with Gasteiger partial charge in [0.05, 0.1) is 6.10 Å². The van der Waals surface area contributed by atoms with Crippen molar-refractivity contribution in [3.63, 3.8) is 0 Å². The quantitative estimate of drug-likeness (QED) is 0.689. The van der Waals surface area contributed by atoms with Crippen molar-refractivity contribution in [2.75, 3.05) is 0 Å². The summed E-state index contributed by atoms with van der Waals surface area (Å²) in [5.41, 5.74) is 1.05. The molecule has 0 fully saturated rings. The first kappa shape index (κ1) is 15.2. The van der Waals surface area contributed by atoms with Crippen LogP contribution in [0.1, 0.15) is 64.5 Å². The lowest BCUT2D eigenvalue weighted by atomic mass is 9.93. The Morgan fingerprint density at radius 1 is 0.889 bits per heavy atom. The number of hydrogen-bond acceptors (Lipinski definition) is 1. The van der Waals surface area contributed by atoms with Gasteiger partial charge in [-0.1, -0.05) is 70.4 Å². The van der Waals surface area contributed by atoms with Crippen molar-refractivity contribution in [3.8, 4) is 0 Å². The second kappa shape index (κ2) is 8.31. The molecule has 2 atom stereocenters. The van der Waals surface area contributed by atoms with Gasteiger partial charge in [-0.05, 0) is 30.2 Å². The van der Waals surface area contributed by atoms with Crippen LogP contribution in [0.2, 0.25) is 0 Å². The van der Waals surface area contributed by atoms with Gasteiger partial charge in [0.2, 0.25) is 0 Å². The summed E-state index contributed by atoms with van der Waals surface area (Å²) in [6.45, 7) is 6.87. The predicted molar refractivity (Wildman–Crippen MR) is 78.5 cm³/mol. The molecule has 0 radical (unpaired) electrons. The van der Waals surface area contributed by atoms with E-state index < -0.39 is 0 Å². The van der Waals surface area contributed by atoms with E-state index in [-0.39, 0.29) is 6.10 Å². The van der Waals surface area contributed by atoms with Crippen LogP contribution < -0.4 is 0 Å². The van der Waals surface area contributed by atoms with Crippen LogP contribution in [0, 0.1) is 11.8 Å². The zero-order valence-corrected chi connectivity index (χ0v) is 12.1. The zero-order chi connectivity index (χ0) is 13.4. The molecule has 0 aliphatic heterocycles. The van der Waals surface area contributed by atoms with E-state index in [0.717, 1.165) is 30.2 Å². The molecule has 0 bridgehead atoms. The Kier molecular flexibility index (Phi) is 7.04. The molecule has 0 saturated carbocycles. The maximum absolute atomic E-state index is 10.1. The van der Waals surface area contributed by atoms with E-state index in [9.17, 15) is 5.11 Å². The number of benzene rings is 1. The fourth-order valence-electron chi connectivity index (χ4n) is 2.30. The highest BCUT2D eigenvalue weighted by Gasteiger charge is 2.10. The first-order valence-electron chi connectivity index (χ1n) is 7.32. The van der Waals surface area contributed by atoms with Gasteiger partial charge in [0.15, 0.2) is 0 Å². The third-order valence-electron chi connectivity index (χ3n) is 3.60. The largest absolute Gasteiger partial charge is 0.388 e. The molecule has 0 spiro atoms. The Hall–Kier alpha value is -0.820. The van der Waals surface area contributed by atoms with E-state index in [1.807, 2.05) is 30.3 Å². The van der Waals surface area contributed by atoms with Crippen molar-refractivity contribution in [1.29, 1.82) is 0 Å². The van der Waals surface area contributed by atoms with Crippen molar-refractivity contribution in [3.05, 3.63) is 35.9 Å². The first-order valence-corrected chi connectivity index (χ1v) is 7.32. The molecule has 1 aromatic carbocycles. The van der Waals surface area contributed by atoms with Gasteiger partial charge in [-0.25, -0.2) is 0 Å². The minimum absolute atomic E-state index is 0.293. The highest BCUT2D eigenvalue weighted by Crippen LogP contribution is 2.23. The van der Waals surface area contributed by atoms with E-state index in [2.05, 4.69) is 20.8 Å². The summed E-state index contributed by atoms with van der Waals surface area (Å²) in [6.07, 6.45) is 5.64. The maximum atomic E-state index is 10.1. The van der Waals surface area contributed by atoms with E-state index in [4.69, 9.17) is 0 Å². The van der Waals surface area contributed by atoms with Crippen LogP contribution in [0.3, 0.4) is 0 Å². The third-order valence-corrected chi connectivity index (χ3v) is 3.60. The summed E-state index contributed by atoms with van der Waals surface area (Å²) in [5.74, 6) is 1.54. The molecule has 1 heteroatoms. The standard InChI is InChI=1S/C17H28O/c1-14(2)8-7-9-15(3)12-13-17(18)16-10-5-4-6-11-16/h4-6,10-11,14-15,17-18H,7-9,12-13H2,1-3H3/t15-,17-/m0/s1. The predicted octanol–water partition coefficient (Wildman–Crippen LogP) is 4.96. The van der Waals surface area contributed by atoms with Crippen molar-refractivity contribution in [2.45, 2.75) is 59.0 Å². The topological polar surface area (TPSA) is 20.2 Å². The van der Waals surface area contributed by atoms with Crippen molar-refractivity contribution in [2.24, 2.45) is 11.8 Å². The summed E-state index contributed by atoms with van der Waals surface area (Å²) in [7, 11) is 0. The van der Waals surface area contributed by atoms with Crippen LogP contribution in [0.25, 0.3) is 0 Å². The Morgan fingerprint density at radius 2 is 1.56 bits per heavy atom. The highest BCUT2D eigenvalue weighted by molar-refractivity contribution is 5.16. The summed E-state index contributed by atoms with van der Waals surface area (Å²) < 4.78 is 0. The Bertz CT molecular complexity index is 305. The molecule has 18 heavy (non-hydrogen) atoms. The summed E-state index contributed by atoms with van der Waals surface area (Å²) >= 11 is 0. The normalized spacial score (nSPS) is 14.7. The molecule has 1 N–H and O–H groups in total. The SMILES string of the molecule is CC(C)CCC[C@H](C)CC[C@H](O)c1ccccc1. The van der Waals surface area contributed by atoms with E-state index in [0.29, 0.717) is 0 Å². The molecule has 1 rings (SSSR count). The van der Waals surface area contributed by atoms with E-state index in [1.165, 1.54) is 19.3 Å². The molecule has 102 valence electrons. The van der Waals surface area contributed by atoms with Crippen LogP contribution >= 0.6 is 0 Å². The number of aliphatic hydroxyl groups excluding tert-OH is 1. The monoisotopic (exact) mass is 248 g/mol. The molecule has 0 saturated heterocycles. The summed E-state index contributed by atoms with van der Waals surface area (Å²) in [4.78, 5) is 0. The summed E-state index contributed by atoms with van der Waals surface area (Å²) in [6, 6.07) is 9.99. The van der Waals surface area contributed by atoms with Crippen LogP contribution in [0.4, 0.5) is 0 Å². The molecule has 0 unspecified atom stereocenters. The van der Waals surface area contributed by atoms with E-state index >= 15 is 0 Å². The lowest BCUT2D eigenvalue weighted by Gasteiger charge is -2.15. The molecule has 1 nitrogen and oxygen atoms in total. The second-order valence-corrected chi connectivity index (χ2v) is 5.93. The first-order chi connectivity index (χ1) is 8.59. The maximum Gasteiger partial charge on any atom is 0.0790 e. The van der Waals surface area contributed by atoms with Gasteiger partial charge in [0, 0.05) is 0 Å². The van der Waals surface area contributed by atoms with Crippen LogP contribution in [0.15, 0.2) is 30.3 Å². The van der Waals surface area contributed by atoms with Gasteiger partial charge in [0.25, 0.3) is 0 Å². The zero-order valence-electron chi connectivity index (χ0n) is 12.1. The summed E-state index contributed by atoms with van der Waals surface area (Å²) in [5, 5.41) is 10.1. The molecule has 0 aliphatic carbocycles. The number of rotatable bonds is 8. The van der Waals surface area contributed by atoms with Crippen LogP contribution in [-0.4, -0.2) is 5.11 Å². The smallest absolute Gasteiger partial charge is 0.0790 e. The molecular weight excluding hydrogens is 220 g/mol. The molecule has 0 heterocycles. The fraction of sp³-hybridized carbons (Fsp3) is 0.647. The Morgan fingerprint density at radius 3 is 2.17 bits per heavy atom. The minimum Gasteiger partial charge on any atom is -0.388 e.